The minimum atomic E-state index is -4.21. The third-order valence-electron chi connectivity index (χ3n) is 10.8. The molecule has 0 N–H and O–H groups in total. The Kier molecular flexibility index (Phi) is 9.77. The molecule has 0 atom stereocenters. The summed E-state index contributed by atoms with van der Waals surface area (Å²) in [5, 5.41) is 17.4. The van der Waals surface area contributed by atoms with Crippen molar-refractivity contribution in [3.8, 4) is 17.2 Å². The van der Waals surface area contributed by atoms with Gasteiger partial charge in [0, 0.05) is 36.1 Å². The van der Waals surface area contributed by atoms with Crippen LogP contribution in [0.25, 0.3) is 39.0 Å². The number of ether oxygens (including phenoxy) is 1. The number of nitrogens with zero attached hydrogens (tertiary/aromatic N) is 10. The molecule has 4 aromatic heterocycles. The molecule has 2 saturated heterocycles. The Morgan fingerprint density at radius 2 is 1.49 bits per heavy atom. The van der Waals surface area contributed by atoms with Crippen molar-refractivity contribution < 1.29 is 22.6 Å². The number of alkyl halides is 3. The molecule has 0 spiro atoms. The summed E-state index contributed by atoms with van der Waals surface area (Å²) in [4.78, 5) is 3.91. The number of halogens is 5. The van der Waals surface area contributed by atoms with Crippen LogP contribution >= 0.6 is 23.2 Å². The lowest BCUT2D eigenvalue weighted by Crippen LogP contribution is -2.39. The average Bonchev–Trinajstić information content (AvgIpc) is 3.91. The second kappa shape index (κ2) is 14.4. The van der Waals surface area contributed by atoms with Crippen LogP contribution in [0.15, 0.2) is 55.2 Å². The Labute approximate surface area is 315 Å². The fourth-order valence-corrected chi connectivity index (χ4v) is 8.72. The fraction of sp³-hybridized carbons (Fsp3) is 0.459. The van der Waals surface area contributed by atoms with Gasteiger partial charge in [0.2, 0.25) is 12.0 Å². The van der Waals surface area contributed by atoms with Crippen LogP contribution in [0.3, 0.4) is 0 Å². The van der Waals surface area contributed by atoms with E-state index >= 15 is 0 Å². The van der Waals surface area contributed by atoms with E-state index in [1.165, 1.54) is 4.90 Å². The zero-order valence-electron chi connectivity index (χ0n) is 29.9. The molecule has 8 rings (SSSR count). The standard InChI is InChI=1S/C37H42Cl2F3N10O/c1-46-20-27(19-43-46)52-35-17-30(24-4-8-48(9-5-24)12-13-53-3)33(39)15-31(35)36(45-52)50-22-28(21-47(50)2)51-34-16-29(32(38)14-26(34)18-44-51)25-6-10-49(11-7-25)23-37(40,41)42/h14-22,24-25H,4-13,23H2,1-3H3/q+1. The Bertz CT molecular complexity index is 2260. The number of hydrogen-bond donors (Lipinski definition) is 0. The number of fused-ring (bicyclic) bond motifs is 2. The number of aromatic nitrogens is 8. The van der Waals surface area contributed by atoms with Gasteiger partial charge in [0.05, 0.1) is 48.2 Å². The smallest absolute Gasteiger partial charge is 0.383 e. The topological polar surface area (TPSA) is 78.0 Å². The highest BCUT2D eigenvalue weighted by atomic mass is 35.5. The highest BCUT2D eigenvalue weighted by Crippen LogP contribution is 2.39. The number of likely N-dealkylation sites (tertiary alicyclic amines) is 2. The number of piperidine rings is 2. The first-order valence-electron chi connectivity index (χ1n) is 17.9. The lowest BCUT2D eigenvalue weighted by molar-refractivity contribution is -0.744. The molecule has 6 heterocycles. The maximum absolute atomic E-state index is 13.0. The molecule has 0 aliphatic carbocycles. The summed E-state index contributed by atoms with van der Waals surface area (Å²) in [6.07, 6.45) is 8.53. The predicted octanol–water partition coefficient (Wildman–Crippen LogP) is 6.59. The normalized spacial score (nSPS) is 17.2. The van der Waals surface area contributed by atoms with Gasteiger partial charge in [-0.25, -0.2) is 9.36 Å². The van der Waals surface area contributed by atoms with Crippen LogP contribution in [0.4, 0.5) is 13.2 Å². The molecule has 2 fully saturated rings. The quantitative estimate of drug-likeness (QED) is 0.155. The van der Waals surface area contributed by atoms with Gasteiger partial charge in [-0.15, -0.1) is 14.5 Å². The van der Waals surface area contributed by atoms with Crippen LogP contribution in [0.1, 0.15) is 48.6 Å². The minimum absolute atomic E-state index is 0.0566. The van der Waals surface area contributed by atoms with Gasteiger partial charge < -0.3 is 9.64 Å². The monoisotopic (exact) mass is 769 g/mol. The fourth-order valence-electron chi connectivity index (χ4n) is 8.08. The van der Waals surface area contributed by atoms with E-state index in [0.29, 0.717) is 42.7 Å². The molecule has 0 saturated carbocycles. The molecule has 2 aliphatic rings. The highest BCUT2D eigenvalue weighted by molar-refractivity contribution is 6.32. The van der Waals surface area contributed by atoms with Crippen LogP contribution in [-0.4, -0.2) is 103 Å². The first kappa shape index (κ1) is 36.0. The zero-order valence-corrected chi connectivity index (χ0v) is 31.4. The van der Waals surface area contributed by atoms with E-state index in [1.54, 1.807) is 24.2 Å². The van der Waals surface area contributed by atoms with Crippen molar-refractivity contribution in [2.24, 2.45) is 14.1 Å². The Morgan fingerprint density at radius 3 is 2.13 bits per heavy atom. The average molecular weight is 771 g/mol. The SMILES string of the molecule is COCCN1CCC(c2cc3c(cc2Cl)c(-n2cc(-n4ncc5cc(Cl)c(C6CCN(CC(F)(F)F)CC6)cc54)c[n+]2C)nn3-c2cnn(C)c2)CC1. The molecule has 2 aromatic carbocycles. The molecule has 53 heavy (non-hydrogen) atoms. The van der Waals surface area contributed by atoms with Gasteiger partial charge in [0.1, 0.15) is 11.9 Å². The first-order valence-corrected chi connectivity index (χ1v) is 18.7. The molecule has 11 nitrogen and oxygen atoms in total. The summed E-state index contributed by atoms with van der Waals surface area (Å²) in [5.41, 5.74) is 5.52. The van der Waals surface area contributed by atoms with Crippen LogP contribution in [0.5, 0.6) is 0 Å². The van der Waals surface area contributed by atoms with Crippen molar-refractivity contribution in [1.29, 1.82) is 0 Å². The first-order chi connectivity index (χ1) is 25.5. The lowest BCUT2D eigenvalue weighted by atomic mass is 9.89. The van der Waals surface area contributed by atoms with Gasteiger partial charge in [-0.05, 0) is 99.1 Å². The number of hydrogen-bond acceptors (Lipinski definition) is 6. The van der Waals surface area contributed by atoms with Crippen molar-refractivity contribution >= 4 is 45.0 Å². The van der Waals surface area contributed by atoms with E-state index in [9.17, 15) is 13.2 Å². The Hall–Kier alpha value is -3.95. The number of benzene rings is 2. The molecule has 0 bridgehead atoms. The highest BCUT2D eigenvalue weighted by Gasteiger charge is 2.33. The summed E-state index contributed by atoms with van der Waals surface area (Å²) >= 11 is 13.9. The van der Waals surface area contributed by atoms with E-state index in [1.807, 2.05) is 69.6 Å². The van der Waals surface area contributed by atoms with Crippen molar-refractivity contribution in [1.82, 2.24) is 43.8 Å². The molecule has 6 aromatic rings. The zero-order chi connectivity index (χ0) is 37.0. The maximum atomic E-state index is 13.0. The van der Waals surface area contributed by atoms with E-state index in [0.717, 1.165) is 88.4 Å². The van der Waals surface area contributed by atoms with Gasteiger partial charge >= 0.3 is 6.18 Å². The molecular weight excluding hydrogens is 728 g/mol. The van der Waals surface area contributed by atoms with Gasteiger partial charge in [0.15, 0.2) is 12.7 Å². The van der Waals surface area contributed by atoms with Gasteiger partial charge in [-0.2, -0.15) is 23.4 Å². The lowest BCUT2D eigenvalue weighted by Gasteiger charge is -2.32. The molecular formula is C37H42Cl2F3N10O+. The summed E-state index contributed by atoms with van der Waals surface area (Å²) in [6.45, 7) is 3.51. The largest absolute Gasteiger partial charge is 0.401 e. The van der Waals surface area contributed by atoms with Crippen molar-refractivity contribution in [2.45, 2.75) is 43.7 Å². The third-order valence-corrected chi connectivity index (χ3v) is 11.5. The Balaban J connectivity index is 1.14. The summed E-state index contributed by atoms with van der Waals surface area (Å²) in [5.74, 6) is 1.09. The number of methoxy groups -OCH3 is 1. The molecule has 0 radical (unpaired) electrons. The van der Waals surface area contributed by atoms with E-state index in [4.69, 9.17) is 38.1 Å². The summed E-state index contributed by atoms with van der Waals surface area (Å²) < 4.78 is 53.8. The number of rotatable bonds is 9. The molecule has 2 aliphatic heterocycles. The van der Waals surface area contributed by atoms with Crippen LogP contribution < -0.4 is 4.68 Å². The minimum Gasteiger partial charge on any atom is -0.383 e. The van der Waals surface area contributed by atoms with Crippen molar-refractivity contribution in [2.75, 3.05) is 53.0 Å². The molecule has 16 heteroatoms. The van der Waals surface area contributed by atoms with Crippen molar-refractivity contribution in [3.05, 3.63) is 76.4 Å². The second-order valence-electron chi connectivity index (χ2n) is 14.4. The van der Waals surface area contributed by atoms with E-state index in [-0.39, 0.29) is 5.92 Å². The van der Waals surface area contributed by atoms with Crippen LogP contribution in [-0.2, 0) is 18.8 Å². The Morgan fingerprint density at radius 1 is 0.830 bits per heavy atom. The molecule has 280 valence electrons. The second-order valence-corrected chi connectivity index (χ2v) is 15.2. The number of aryl methyl sites for hydroxylation is 2. The maximum Gasteiger partial charge on any atom is 0.401 e. The van der Waals surface area contributed by atoms with E-state index < -0.39 is 12.7 Å². The summed E-state index contributed by atoms with van der Waals surface area (Å²) in [6, 6.07) is 8.18. The molecule has 0 amide bonds. The van der Waals surface area contributed by atoms with E-state index in [2.05, 4.69) is 16.1 Å². The van der Waals surface area contributed by atoms with Gasteiger partial charge in [0.25, 0.3) is 0 Å². The van der Waals surface area contributed by atoms with Crippen LogP contribution in [0.2, 0.25) is 10.0 Å². The van der Waals surface area contributed by atoms with Crippen LogP contribution in [0, 0.1) is 0 Å². The third kappa shape index (κ3) is 7.19. The van der Waals surface area contributed by atoms with Gasteiger partial charge in [-0.3, -0.25) is 9.58 Å². The summed E-state index contributed by atoms with van der Waals surface area (Å²) in [7, 11) is 5.58. The van der Waals surface area contributed by atoms with Crippen molar-refractivity contribution in [3.63, 3.8) is 0 Å². The predicted molar refractivity (Wildman–Crippen MR) is 198 cm³/mol. The van der Waals surface area contributed by atoms with Gasteiger partial charge in [-0.1, -0.05) is 23.2 Å². The molecule has 0 unspecified atom stereocenters.